The van der Waals surface area contributed by atoms with E-state index < -0.39 is 6.10 Å². The van der Waals surface area contributed by atoms with Gasteiger partial charge < -0.3 is 20.9 Å². The SMILES string of the molecule is CCC1CNc2cc(C(O)CCN)ccc2O1. The predicted molar refractivity (Wildman–Crippen MR) is 68.3 cm³/mol. The Morgan fingerprint density at radius 1 is 1.59 bits per heavy atom. The number of benzene rings is 1. The minimum absolute atomic E-state index is 0.238. The Kier molecular flexibility index (Phi) is 3.86. The van der Waals surface area contributed by atoms with Gasteiger partial charge >= 0.3 is 0 Å². The minimum Gasteiger partial charge on any atom is -0.486 e. The van der Waals surface area contributed by atoms with Crippen molar-refractivity contribution in [3.05, 3.63) is 23.8 Å². The second-order valence-electron chi connectivity index (χ2n) is 4.38. The Morgan fingerprint density at radius 3 is 3.12 bits per heavy atom. The quantitative estimate of drug-likeness (QED) is 0.743. The maximum absolute atomic E-state index is 9.87. The molecule has 4 heteroatoms. The number of rotatable bonds is 4. The van der Waals surface area contributed by atoms with Crippen LogP contribution in [0.1, 0.15) is 31.4 Å². The maximum atomic E-state index is 9.87. The topological polar surface area (TPSA) is 67.5 Å². The zero-order valence-corrected chi connectivity index (χ0v) is 10.1. The highest BCUT2D eigenvalue weighted by Gasteiger charge is 2.18. The van der Waals surface area contributed by atoms with Crippen molar-refractivity contribution < 1.29 is 9.84 Å². The molecule has 1 heterocycles. The van der Waals surface area contributed by atoms with Crippen molar-refractivity contribution >= 4 is 5.69 Å². The van der Waals surface area contributed by atoms with Crippen LogP contribution >= 0.6 is 0 Å². The van der Waals surface area contributed by atoms with Gasteiger partial charge in [-0.15, -0.1) is 0 Å². The Labute approximate surface area is 102 Å². The van der Waals surface area contributed by atoms with Gasteiger partial charge in [0.2, 0.25) is 0 Å². The van der Waals surface area contributed by atoms with Gasteiger partial charge in [-0.1, -0.05) is 13.0 Å². The number of anilines is 1. The van der Waals surface area contributed by atoms with Crippen molar-refractivity contribution in [2.45, 2.75) is 32.0 Å². The van der Waals surface area contributed by atoms with Crippen LogP contribution in [0.5, 0.6) is 5.75 Å². The zero-order chi connectivity index (χ0) is 12.3. The highest BCUT2D eigenvalue weighted by molar-refractivity contribution is 5.59. The second kappa shape index (κ2) is 5.38. The lowest BCUT2D eigenvalue weighted by molar-refractivity contribution is 0.169. The van der Waals surface area contributed by atoms with Crippen LogP contribution in [0.4, 0.5) is 5.69 Å². The van der Waals surface area contributed by atoms with E-state index >= 15 is 0 Å². The summed E-state index contributed by atoms with van der Waals surface area (Å²) in [6.07, 6.45) is 1.32. The molecular formula is C13H20N2O2. The van der Waals surface area contributed by atoms with Crippen molar-refractivity contribution in [2.24, 2.45) is 5.73 Å². The lowest BCUT2D eigenvalue weighted by Crippen LogP contribution is -2.30. The number of aliphatic hydroxyl groups excluding tert-OH is 1. The van der Waals surface area contributed by atoms with E-state index in [1.165, 1.54) is 0 Å². The van der Waals surface area contributed by atoms with Crippen molar-refractivity contribution in [1.29, 1.82) is 0 Å². The van der Waals surface area contributed by atoms with E-state index in [2.05, 4.69) is 12.2 Å². The summed E-state index contributed by atoms with van der Waals surface area (Å²) < 4.78 is 5.81. The van der Waals surface area contributed by atoms with Gasteiger partial charge in [-0.3, -0.25) is 0 Å². The molecule has 2 unspecified atom stereocenters. The van der Waals surface area contributed by atoms with Crippen LogP contribution in [0.15, 0.2) is 18.2 Å². The highest BCUT2D eigenvalue weighted by Crippen LogP contribution is 2.32. The standard InChI is InChI=1S/C13H20N2O2/c1-2-10-8-15-11-7-9(12(16)5-6-14)3-4-13(11)17-10/h3-4,7,10,12,15-16H,2,5-6,8,14H2,1H3. The summed E-state index contributed by atoms with van der Waals surface area (Å²) in [7, 11) is 0. The van der Waals surface area contributed by atoms with Crippen LogP contribution in [0.25, 0.3) is 0 Å². The van der Waals surface area contributed by atoms with Crippen LogP contribution in [-0.2, 0) is 0 Å². The Bertz CT molecular complexity index is 382. The molecule has 1 aliphatic rings. The van der Waals surface area contributed by atoms with Crippen molar-refractivity contribution in [2.75, 3.05) is 18.4 Å². The molecule has 0 spiro atoms. The average Bonchev–Trinajstić information content (AvgIpc) is 2.37. The molecule has 4 nitrogen and oxygen atoms in total. The minimum atomic E-state index is -0.490. The Morgan fingerprint density at radius 2 is 2.41 bits per heavy atom. The fraction of sp³-hybridized carbons (Fsp3) is 0.538. The summed E-state index contributed by atoms with van der Waals surface area (Å²) in [6, 6.07) is 5.76. The first kappa shape index (κ1) is 12.2. The molecular weight excluding hydrogens is 216 g/mol. The molecule has 0 saturated carbocycles. The molecule has 0 amide bonds. The van der Waals surface area contributed by atoms with Crippen molar-refractivity contribution in [3.63, 3.8) is 0 Å². The largest absolute Gasteiger partial charge is 0.486 e. The van der Waals surface area contributed by atoms with Gasteiger partial charge in [-0.2, -0.15) is 0 Å². The third-order valence-electron chi connectivity index (χ3n) is 3.10. The summed E-state index contributed by atoms with van der Waals surface area (Å²) >= 11 is 0. The van der Waals surface area contributed by atoms with Gasteiger partial charge in [-0.25, -0.2) is 0 Å². The monoisotopic (exact) mass is 236 g/mol. The smallest absolute Gasteiger partial charge is 0.142 e. The molecule has 0 aliphatic carbocycles. The number of fused-ring (bicyclic) bond motifs is 1. The molecule has 0 aromatic heterocycles. The first-order valence-corrected chi connectivity index (χ1v) is 6.17. The molecule has 2 rings (SSSR count). The Balaban J connectivity index is 2.15. The van der Waals surface area contributed by atoms with Crippen molar-refractivity contribution in [3.8, 4) is 5.75 Å². The van der Waals surface area contributed by atoms with Crippen LogP contribution in [-0.4, -0.2) is 24.3 Å². The normalized spacial score (nSPS) is 20.1. The van der Waals surface area contributed by atoms with Crippen LogP contribution < -0.4 is 15.8 Å². The summed E-state index contributed by atoms with van der Waals surface area (Å²) in [5.74, 6) is 0.867. The summed E-state index contributed by atoms with van der Waals surface area (Å²) in [4.78, 5) is 0. The first-order chi connectivity index (χ1) is 8.24. The van der Waals surface area contributed by atoms with Gasteiger partial charge in [0.25, 0.3) is 0 Å². The van der Waals surface area contributed by atoms with E-state index in [0.29, 0.717) is 13.0 Å². The summed E-state index contributed by atoms with van der Waals surface area (Å²) in [6.45, 7) is 3.41. The third-order valence-corrected chi connectivity index (χ3v) is 3.10. The molecule has 1 aliphatic heterocycles. The number of ether oxygens (including phenoxy) is 1. The highest BCUT2D eigenvalue weighted by atomic mass is 16.5. The fourth-order valence-electron chi connectivity index (χ4n) is 1.99. The molecule has 0 fully saturated rings. The number of hydrogen-bond acceptors (Lipinski definition) is 4. The molecule has 0 bridgehead atoms. The fourth-order valence-corrected chi connectivity index (χ4v) is 1.99. The summed E-state index contributed by atoms with van der Waals surface area (Å²) in [5.41, 5.74) is 7.29. The van der Waals surface area contributed by atoms with E-state index in [1.807, 2.05) is 18.2 Å². The van der Waals surface area contributed by atoms with Gasteiger partial charge in [0.1, 0.15) is 11.9 Å². The average molecular weight is 236 g/mol. The van der Waals surface area contributed by atoms with Crippen molar-refractivity contribution in [1.82, 2.24) is 0 Å². The van der Waals surface area contributed by atoms with Gasteiger partial charge in [0.05, 0.1) is 18.3 Å². The predicted octanol–water partition coefficient (Wildman–Crippen LogP) is 1.65. The van der Waals surface area contributed by atoms with Crippen LogP contribution in [0, 0.1) is 0 Å². The lowest BCUT2D eigenvalue weighted by Gasteiger charge is -2.27. The zero-order valence-electron chi connectivity index (χ0n) is 10.1. The molecule has 94 valence electrons. The molecule has 0 radical (unpaired) electrons. The van der Waals surface area contributed by atoms with E-state index in [9.17, 15) is 5.11 Å². The van der Waals surface area contributed by atoms with Crippen LogP contribution in [0.2, 0.25) is 0 Å². The maximum Gasteiger partial charge on any atom is 0.142 e. The molecule has 17 heavy (non-hydrogen) atoms. The van der Waals surface area contributed by atoms with E-state index in [0.717, 1.165) is 30.0 Å². The third kappa shape index (κ3) is 2.70. The number of nitrogens with two attached hydrogens (primary N) is 1. The Hall–Kier alpha value is -1.26. The summed E-state index contributed by atoms with van der Waals surface area (Å²) in [5, 5.41) is 13.2. The van der Waals surface area contributed by atoms with E-state index in [4.69, 9.17) is 10.5 Å². The van der Waals surface area contributed by atoms with E-state index in [1.54, 1.807) is 0 Å². The van der Waals surface area contributed by atoms with E-state index in [-0.39, 0.29) is 6.10 Å². The van der Waals surface area contributed by atoms with Gasteiger partial charge in [0, 0.05) is 0 Å². The van der Waals surface area contributed by atoms with Crippen LogP contribution in [0.3, 0.4) is 0 Å². The lowest BCUT2D eigenvalue weighted by atomic mass is 10.0. The van der Waals surface area contributed by atoms with Gasteiger partial charge in [-0.05, 0) is 37.1 Å². The first-order valence-electron chi connectivity index (χ1n) is 6.17. The molecule has 2 atom stereocenters. The molecule has 4 N–H and O–H groups in total. The van der Waals surface area contributed by atoms with Gasteiger partial charge in [0.15, 0.2) is 0 Å². The molecule has 0 saturated heterocycles. The molecule has 1 aromatic carbocycles. The second-order valence-corrected chi connectivity index (χ2v) is 4.38. The molecule has 1 aromatic rings. The number of hydrogen-bond donors (Lipinski definition) is 3. The number of nitrogens with one attached hydrogen (secondary N) is 1. The number of aliphatic hydroxyl groups is 1.